The average Bonchev–Trinajstić information content (AvgIpc) is 3.52. The van der Waals surface area contributed by atoms with Crippen molar-refractivity contribution in [2.75, 3.05) is 29.5 Å². The highest BCUT2D eigenvalue weighted by atomic mass is 19.4. The van der Waals surface area contributed by atoms with Gasteiger partial charge in [0.15, 0.2) is 5.82 Å². The maximum absolute atomic E-state index is 14.0. The Labute approximate surface area is 220 Å². The Balaban J connectivity index is 1.41. The van der Waals surface area contributed by atoms with Gasteiger partial charge >= 0.3 is 12.2 Å². The third-order valence-electron chi connectivity index (χ3n) is 6.66. The topological polar surface area (TPSA) is 121 Å². The predicted molar refractivity (Wildman–Crippen MR) is 137 cm³/mol. The van der Waals surface area contributed by atoms with E-state index in [9.17, 15) is 27.5 Å². The lowest BCUT2D eigenvalue weighted by atomic mass is 10.0. The number of urea groups is 1. The molecule has 9 nitrogen and oxygen atoms in total. The van der Waals surface area contributed by atoms with Crippen molar-refractivity contribution in [1.82, 2.24) is 19.5 Å². The standard InChI is InChI=1S/C26H25F4N7O2/c27-19-8-5-16(26(28,29)30)11-20(19)35-25(39)34-17-6-3-15(4-7-17)22-18(13-38)21(12-36-9-1-2-10-36)37-23(22)24(31)32-14-33-37/h3-8,11,14,38H,1-2,9-10,12-13H2,(H2,31,32,33)(H2,34,35,39). The van der Waals surface area contributed by atoms with E-state index in [1.165, 1.54) is 6.33 Å². The molecule has 5 rings (SSSR count). The van der Waals surface area contributed by atoms with Gasteiger partial charge in [0.2, 0.25) is 0 Å². The van der Waals surface area contributed by atoms with Crippen LogP contribution in [0, 0.1) is 5.82 Å². The highest BCUT2D eigenvalue weighted by Crippen LogP contribution is 2.37. The van der Waals surface area contributed by atoms with Gasteiger partial charge in [0.1, 0.15) is 17.7 Å². The molecular formula is C26H25F4N7O2. The van der Waals surface area contributed by atoms with E-state index in [-0.39, 0.29) is 12.4 Å². The molecule has 204 valence electrons. The molecule has 0 bridgehead atoms. The number of fused-ring (bicyclic) bond motifs is 1. The van der Waals surface area contributed by atoms with Gasteiger partial charge in [-0.15, -0.1) is 0 Å². The maximum Gasteiger partial charge on any atom is 0.416 e. The molecule has 2 aromatic heterocycles. The molecule has 2 aromatic carbocycles. The molecule has 4 aromatic rings. The molecular weight excluding hydrogens is 518 g/mol. The maximum atomic E-state index is 14.0. The van der Waals surface area contributed by atoms with Crippen LogP contribution in [0.2, 0.25) is 0 Å². The molecule has 39 heavy (non-hydrogen) atoms. The number of amides is 2. The Morgan fingerprint density at radius 1 is 1.08 bits per heavy atom. The number of hydrogen-bond acceptors (Lipinski definition) is 6. The van der Waals surface area contributed by atoms with E-state index in [0.29, 0.717) is 52.6 Å². The zero-order chi connectivity index (χ0) is 27.7. The van der Waals surface area contributed by atoms with Crippen LogP contribution in [0.5, 0.6) is 0 Å². The highest BCUT2D eigenvalue weighted by Gasteiger charge is 2.31. The van der Waals surface area contributed by atoms with Crippen molar-refractivity contribution in [2.45, 2.75) is 32.2 Å². The summed E-state index contributed by atoms with van der Waals surface area (Å²) < 4.78 is 54.6. The van der Waals surface area contributed by atoms with Crippen LogP contribution in [0.1, 0.15) is 29.7 Å². The van der Waals surface area contributed by atoms with Gasteiger partial charge in [-0.1, -0.05) is 12.1 Å². The summed E-state index contributed by atoms with van der Waals surface area (Å²) in [6, 6.07) is 7.38. The number of rotatable bonds is 6. The van der Waals surface area contributed by atoms with Crippen LogP contribution >= 0.6 is 0 Å². The van der Waals surface area contributed by atoms with E-state index < -0.39 is 29.3 Å². The first-order chi connectivity index (χ1) is 18.7. The minimum atomic E-state index is -4.68. The third kappa shape index (κ3) is 5.36. The largest absolute Gasteiger partial charge is 0.416 e. The van der Waals surface area contributed by atoms with Crippen molar-refractivity contribution >= 4 is 28.7 Å². The van der Waals surface area contributed by atoms with E-state index in [2.05, 4.69) is 25.6 Å². The van der Waals surface area contributed by atoms with Gasteiger partial charge in [-0.05, 0) is 61.8 Å². The van der Waals surface area contributed by atoms with Crippen molar-refractivity contribution in [1.29, 1.82) is 0 Å². The van der Waals surface area contributed by atoms with Crippen LogP contribution < -0.4 is 16.4 Å². The first-order valence-corrected chi connectivity index (χ1v) is 12.2. The molecule has 0 atom stereocenters. The number of nitrogen functional groups attached to an aromatic ring is 1. The van der Waals surface area contributed by atoms with Gasteiger partial charge in [0, 0.05) is 23.4 Å². The van der Waals surface area contributed by atoms with Crippen molar-refractivity contribution in [2.24, 2.45) is 0 Å². The summed E-state index contributed by atoms with van der Waals surface area (Å²) in [7, 11) is 0. The predicted octanol–water partition coefficient (Wildman–Crippen LogP) is 4.87. The number of nitrogens with one attached hydrogen (secondary N) is 2. The van der Waals surface area contributed by atoms with Crippen LogP contribution in [0.3, 0.4) is 0 Å². The Kier molecular flexibility index (Phi) is 7.10. The Morgan fingerprint density at radius 3 is 2.46 bits per heavy atom. The van der Waals surface area contributed by atoms with Crippen LogP contribution in [-0.2, 0) is 19.3 Å². The van der Waals surface area contributed by atoms with Crippen molar-refractivity contribution < 1.29 is 27.5 Å². The van der Waals surface area contributed by atoms with E-state index in [0.717, 1.165) is 31.6 Å². The second kappa shape index (κ2) is 10.5. The minimum Gasteiger partial charge on any atom is -0.392 e. The number of likely N-dealkylation sites (tertiary alicyclic amines) is 1. The minimum absolute atomic E-state index is 0.243. The smallest absolute Gasteiger partial charge is 0.392 e. The molecule has 1 fully saturated rings. The quantitative estimate of drug-likeness (QED) is 0.258. The molecule has 0 spiro atoms. The van der Waals surface area contributed by atoms with Gasteiger partial charge in [0.25, 0.3) is 0 Å². The van der Waals surface area contributed by atoms with Crippen molar-refractivity contribution in [3.05, 3.63) is 71.4 Å². The summed E-state index contributed by atoms with van der Waals surface area (Å²) >= 11 is 0. The molecule has 0 unspecified atom stereocenters. The van der Waals surface area contributed by atoms with E-state index >= 15 is 0 Å². The number of benzene rings is 2. The molecule has 13 heteroatoms. The van der Waals surface area contributed by atoms with Gasteiger partial charge in [-0.25, -0.2) is 18.7 Å². The van der Waals surface area contributed by atoms with Gasteiger partial charge < -0.3 is 21.5 Å². The summed E-state index contributed by atoms with van der Waals surface area (Å²) in [5, 5.41) is 19.3. The van der Waals surface area contributed by atoms with E-state index in [1.54, 1.807) is 28.8 Å². The number of aromatic nitrogens is 3. The Morgan fingerprint density at radius 2 is 1.79 bits per heavy atom. The monoisotopic (exact) mass is 543 g/mol. The second-order valence-electron chi connectivity index (χ2n) is 9.20. The van der Waals surface area contributed by atoms with E-state index in [1.807, 2.05) is 0 Å². The summed E-state index contributed by atoms with van der Waals surface area (Å²) in [5.41, 5.74) is 8.20. The molecule has 1 aliphatic rings. The number of hydrogen-bond donors (Lipinski definition) is 4. The Bertz CT molecular complexity index is 1510. The lowest BCUT2D eigenvalue weighted by molar-refractivity contribution is -0.137. The number of alkyl halides is 3. The molecule has 2 amide bonds. The molecule has 0 saturated carbocycles. The average molecular weight is 544 g/mol. The number of aliphatic hydroxyl groups is 1. The lowest BCUT2D eigenvalue weighted by Gasteiger charge is -2.15. The fourth-order valence-electron chi connectivity index (χ4n) is 4.82. The summed E-state index contributed by atoms with van der Waals surface area (Å²) in [6.07, 6.45) is -1.12. The first kappa shape index (κ1) is 26.4. The lowest BCUT2D eigenvalue weighted by Crippen LogP contribution is -2.21. The zero-order valence-corrected chi connectivity index (χ0v) is 20.6. The molecule has 3 heterocycles. The number of carbonyl (C=O) groups is 1. The third-order valence-corrected chi connectivity index (χ3v) is 6.66. The zero-order valence-electron chi connectivity index (χ0n) is 20.6. The SMILES string of the molecule is Nc1ncnn2c(CN3CCCC3)c(CO)c(-c3ccc(NC(=O)Nc4cc(C(F)(F)F)ccc4F)cc3)c12. The fourth-order valence-corrected chi connectivity index (χ4v) is 4.82. The van der Waals surface area contributed by atoms with Crippen LogP contribution in [0.4, 0.5) is 39.5 Å². The molecule has 0 aliphatic carbocycles. The summed E-state index contributed by atoms with van der Waals surface area (Å²) in [5.74, 6) is -0.762. The Hall–Kier alpha value is -4.23. The number of halogens is 4. The molecule has 0 radical (unpaired) electrons. The van der Waals surface area contributed by atoms with Crippen LogP contribution in [-0.4, -0.2) is 43.7 Å². The second-order valence-corrected chi connectivity index (χ2v) is 9.20. The number of aliphatic hydroxyl groups excluding tert-OH is 1. The number of nitrogens with zero attached hydrogens (tertiary/aromatic N) is 4. The first-order valence-electron chi connectivity index (χ1n) is 12.2. The molecule has 5 N–H and O–H groups in total. The molecule has 1 saturated heterocycles. The fraction of sp³-hybridized carbons (Fsp3) is 0.269. The summed E-state index contributed by atoms with van der Waals surface area (Å²) in [6.45, 7) is 2.22. The summed E-state index contributed by atoms with van der Waals surface area (Å²) in [4.78, 5) is 18.8. The number of anilines is 3. The van der Waals surface area contributed by atoms with Crippen molar-refractivity contribution in [3.63, 3.8) is 0 Å². The van der Waals surface area contributed by atoms with Gasteiger partial charge in [0.05, 0.1) is 23.6 Å². The molecule has 1 aliphatic heterocycles. The van der Waals surface area contributed by atoms with Crippen molar-refractivity contribution in [3.8, 4) is 11.1 Å². The van der Waals surface area contributed by atoms with E-state index in [4.69, 9.17) is 5.73 Å². The number of nitrogens with two attached hydrogens (primary N) is 1. The van der Waals surface area contributed by atoms with Crippen LogP contribution in [0.25, 0.3) is 16.6 Å². The normalized spacial score (nSPS) is 14.2. The number of carbonyl (C=O) groups excluding carboxylic acids is 1. The highest BCUT2D eigenvalue weighted by molar-refractivity contribution is 6.00. The van der Waals surface area contributed by atoms with Crippen LogP contribution in [0.15, 0.2) is 48.8 Å². The van der Waals surface area contributed by atoms with Gasteiger partial charge in [-0.2, -0.15) is 18.3 Å². The van der Waals surface area contributed by atoms with Gasteiger partial charge in [-0.3, -0.25) is 4.90 Å².